The number of likely N-dealkylation sites (N-methyl/N-ethyl adjacent to an activating group) is 1. The van der Waals surface area contributed by atoms with Crippen LogP contribution in [0.5, 0.6) is 0 Å². The van der Waals surface area contributed by atoms with Crippen molar-refractivity contribution in [3.63, 3.8) is 0 Å². The number of carbonyl (C=O) groups is 3. The fraction of sp³-hybridized carbons (Fsp3) is 0.812. The van der Waals surface area contributed by atoms with E-state index in [2.05, 4.69) is 38.2 Å². The zero-order valence-corrected chi connectivity index (χ0v) is 39.8. The number of aliphatic hydroxyl groups is 2. The highest BCUT2D eigenvalue weighted by atomic mass is 31.2. The summed E-state index contributed by atoms with van der Waals surface area (Å²) >= 11 is 0. The smallest absolute Gasteiger partial charge is 0.462 e. The number of ether oxygens (including phenoxy) is 2. The van der Waals surface area contributed by atoms with Crippen molar-refractivity contribution in [1.29, 1.82) is 0 Å². The first-order valence-electron chi connectivity index (χ1n) is 23.8. The van der Waals surface area contributed by atoms with Crippen molar-refractivity contribution < 1.29 is 57.1 Å². The second-order valence-corrected chi connectivity index (χ2v) is 19.4. The van der Waals surface area contributed by atoms with E-state index in [4.69, 9.17) is 18.5 Å². The van der Waals surface area contributed by atoms with Crippen molar-refractivity contribution in [2.45, 2.75) is 193 Å². The lowest BCUT2D eigenvalue weighted by Gasteiger charge is -2.24. The largest absolute Gasteiger partial charge is 0.472 e. The molecule has 6 atom stereocenters. The highest BCUT2D eigenvalue weighted by Crippen LogP contribution is 2.43. The second-order valence-electron chi connectivity index (χ2n) is 17.9. The molecule has 3 N–H and O–H groups in total. The van der Waals surface area contributed by atoms with Crippen molar-refractivity contribution in [3.8, 4) is 0 Å². The first-order chi connectivity index (χ1) is 29.2. The van der Waals surface area contributed by atoms with Crippen LogP contribution in [0, 0.1) is 11.8 Å². The molecule has 13 heteroatoms. The molecule has 0 radical (unpaired) electrons. The molecule has 354 valence electrons. The molecule has 12 nitrogen and oxygen atoms in total. The highest BCUT2D eigenvalue weighted by molar-refractivity contribution is 7.47. The first kappa shape index (κ1) is 56.8. The van der Waals surface area contributed by atoms with Crippen LogP contribution in [0.15, 0.2) is 36.5 Å². The van der Waals surface area contributed by atoms with Crippen LogP contribution in [0.1, 0.15) is 174 Å². The van der Waals surface area contributed by atoms with E-state index >= 15 is 0 Å². The molecule has 1 saturated carbocycles. The molecule has 1 aliphatic carbocycles. The predicted octanol–water partition coefficient (Wildman–Crippen LogP) is 10.3. The van der Waals surface area contributed by atoms with Crippen LogP contribution in [0.3, 0.4) is 0 Å². The van der Waals surface area contributed by atoms with Gasteiger partial charge in [-0.25, -0.2) is 4.57 Å². The number of Topliss-reactive ketones (excluding diaryl/α,β-unsaturated/α-hetero) is 1. The van der Waals surface area contributed by atoms with Crippen LogP contribution in [-0.2, 0) is 37.5 Å². The Morgan fingerprint density at radius 1 is 0.770 bits per heavy atom. The number of ketones is 1. The fourth-order valence-electron chi connectivity index (χ4n) is 7.23. The van der Waals surface area contributed by atoms with Gasteiger partial charge in [-0.15, -0.1) is 0 Å². The number of allylic oxidation sites excluding steroid dienone is 4. The Balaban J connectivity index is 2.44. The molecule has 61 heavy (non-hydrogen) atoms. The molecule has 0 aromatic rings. The van der Waals surface area contributed by atoms with Gasteiger partial charge in [0.15, 0.2) is 6.10 Å². The maximum Gasteiger partial charge on any atom is 0.472 e. The summed E-state index contributed by atoms with van der Waals surface area (Å²) < 4.78 is 34.3. The van der Waals surface area contributed by atoms with E-state index < -0.39 is 44.7 Å². The monoisotopic (exact) mass is 885 g/mol. The van der Waals surface area contributed by atoms with E-state index in [1.165, 1.54) is 38.5 Å². The number of phosphoric acid groups is 1. The second kappa shape index (κ2) is 35.2. The van der Waals surface area contributed by atoms with Crippen LogP contribution in [0.25, 0.3) is 0 Å². The lowest BCUT2D eigenvalue weighted by molar-refractivity contribution is -0.870. The van der Waals surface area contributed by atoms with Crippen molar-refractivity contribution >= 4 is 25.5 Å². The lowest BCUT2D eigenvalue weighted by atomic mass is 9.88. The normalized spacial score (nSPS) is 19.3. The molecule has 0 bridgehead atoms. The van der Waals surface area contributed by atoms with E-state index in [1.54, 1.807) is 6.08 Å². The molecule has 0 aromatic heterocycles. The molecule has 0 saturated heterocycles. The molecule has 0 heterocycles. The molecule has 1 rings (SSSR count). The maximum atomic E-state index is 12.8. The van der Waals surface area contributed by atoms with Crippen LogP contribution < -0.4 is 0 Å². The van der Waals surface area contributed by atoms with Gasteiger partial charge in [-0.1, -0.05) is 134 Å². The van der Waals surface area contributed by atoms with Gasteiger partial charge in [0.1, 0.15) is 25.5 Å². The van der Waals surface area contributed by atoms with Crippen molar-refractivity contribution in [3.05, 3.63) is 36.5 Å². The highest BCUT2D eigenvalue weighted by Gasteiger charge is 2.39. The zero-order chi connectivity index (χ0) is 45.2. The summed E-state index contributed by atoms with van der Waals surface area (Å²) in [5.74, 6) is -1.48. The first-order valence-corrected chi connectivity index (χ1v) is 25.3. The predicted molar refractivity (Wildman–Crippen MR) is 244 cm³/mol. The number of carbonyl (C=O) groups excluding carboxylic acids is 3. The van der Waals surface area contributed by atoms with E-state index in [9.17, 15) is 34.1 Å². The molecule has 0 amide bonds. The van der Waals surface area contributed by atoms with Gasteiger partial charge in [-0.3, -0.25) is 23.4 Å². The number of rotatable bonds is 39. The Hall–Kier alpha value is -2.18. The number of hydrogen-bond donors (Lipinski definition) is 3. The van der Waals surface area contributed by atoms with E-state index in [1.807, 2.05) is 27.2 Å². The fourth-order valence-corrected chi connectivity index (χ4v) is 7.98. The number of nitrogens with zero attached hydrogens (tertiary/aromatic N) is 1. The van der Waals surface area contributed by atoms with Crippen LogP contribution >= 0.6 is 7.82 Å². The Bertz CT molecular complexity index is 1300. The summed E-state index contributed by atoms with van der Waals surface area (Å²) in [6.45, 7) is 4.02. The number of hydrogen-bond acceptors (Lipinski definition) is 10. The summed E-state index contributed by atoms with van der Waals surface area (Å²) in [6, 6.07) is 0. The molecule has 0 aromatic carbocycles. The number of quaternary nitrogens is 1. The molecule has 1 aliphatic rings. The van der Waals surface area contributed by atoms with Gasteiger partial charge in [0.25, 0.3) is 0 Å². The van der Waals surface area contributed by atoms with Gasteiger partial charge in [0, 0.05) is 31.1 Å². The number of aliphatic hydroxyl groups excluding tert-OH is 2. The summed E-state index contributed by atoms with van der Waals surface area (Å²) in [4.78, 5) is 48.3. The average molecular weight is 885 g/mol. The van der Waals surface area contributed by atoms with Crippen LogP contribution in [-0.4, -0.2) is 103 Å². The van der Waals surface area contributed by atoms with E-state index in [0.717, 1.165) is 77.0 Å². The third-order valence-electron chi connectivity index (χ3n) is 11.0. The third-order valence-corrected chi connectivity index (χ3v) is 12.0. The van der Waals surface area contributed by atoms with Crippen molar-refractivity contribution in [1.82, 2.24) is 0 Å². The van der Waals surface area contributed by atoms with E-state index in [-0.39, 0.29) is 50.1 Å². The summed E-state index contributed by atoms with van der Waals surface area (Å²) in [7, 11) is 1.34. The molecule has 0 spiro atoms. The molecular formula is C48H87NO11P+. The van der Waals surface area contributed by atoms with Gasteiger partial charge >= 0.3 is 19.8 Å². The quantitative estimate of drug-likeness (QED) is 0.0177. The summed E-state index contributed by atoms with van der Waals surface area (Å²) in [5, 5.41) is 20.8. The molecule has 1 fully saturated rings. The van der Waals surface area contributed by atoms with Gasteiger partial charge in [0.2, 0.25) is 0 Å². The Morgan fingerprint density at radius 2 is 1.34 bits per heavy atom. The average Bonchev–Trinajstić information content (AvgIpc) is 3.47. The third kappa shape index (κ3) is 32.2. The number of esters is 2. The number of unbranched alkanes of at least 4 members (excludes halogenated alkanes) is 15. The van der Waals surface area contributed by atoms with Gasteiger partial charge in [-0.2, -0.15) is 0 Å². The summed E-state index contributed by atoms with van der Waals surface area (Å²) in [6.07, 6.45) is 32.3. The van der Waals surface area contributed by atoms with Crippen molar-refractivity contribution in [2.24, 2.45) is 11.8 Å². The Morgan fingerprint density at radius 3 is 1.98 bits per heavy atom. The maximum absolute atomic E-state index is 12.8. The molecule has 1 unspecified atom stereocenters. The lowest BCUT2D eigenvalue weighted by Crippen LogP contribution is -2.37. The van der Waals surface area contributed by atoms with Crippen LogP contribution in [0.4, 0.5) is 0 Å². The Labute approximate surface area is 370 Å². The van der Waals surface area contributed by atoms with Gasteiger partial charge in [0.05, 0.1) is 40.0 Å². The Kier molecular flexibility index (Phi) is 32.8. The van der Waals surface area contributed by atoms with Crippen LogP contribution in [0.2, 0.25) is 0 Å². The summed E-state index contributed by atoms with van der Waals surface area (Å²) in [5.41, 5.74) is 0. The van der Waals surface area contributed by atoms with Gasteiger partial charge < -0.3 is 29.1 Å². The number of phosphoric ester groups is 1. The van der Waals surface area contributed by atoms with Crippen molar-refractivity contribution in [2.75, 3.05) is 47.5 Å². The zero-order valence-electron chi connectivity index (χ0n) is 38.9. The standard InChI is InChI=1S/C48H86NO11P/c1-6-8-10-11-12-13-14-15-16-17-18-19-20-21-22-23-29-33-48(54)60-42(40-59-61(55,56)58-37-36-49(3,4)5)39-57-47(53)32-28-25-24-27-31-43-44(46(52)38-45(43)51)35-34-41(50)30-26-9-7-2/h12-13,15-16,34-35,41-44,46,50,52H,6-11,14,17-33,36-40H2,1-5H3/p+1/b13-12-,16-15-,35-34+/t41-,42+,43+,44+,46+/m0/s1. The minimum atomic E-state index is -4.44. The van der Waals surface area contributed by atoms with Gasteiger partial charge in [-0.05, 0) is 57.8 Å². The molecule has 0 aliphatic heterocycles. The topological polar surface area (TPSA) is 166 Å². The van der Waals surface area contributed by atoms with E-state index in [0.29, 0.717) is 36.7 Å². The minimum absolute atomic E-state index is 0.00916. The minimum Gasteiger partial charge on any atom is -0.462 e. The SMILES string of the molecule is CCCCC/C=C\C/C=C\CCCCCCCCCC(=O)O[C@H](COC(=O)CCCCCC[C@H]1C(=O)C[C@@H](O)[C@@H]1/C=C/[C@@H](O)CCCCC)COP(=O)(O)OCC[N+](C)(C)C. The molecular weight excluding hydrogens is 797 g/mol.